The third-order valence-electron chi connectivity index (χ3n) is 4.83. The number of nitrogens with zero attached hydrogens (tertiary/aromatic N) is 1. The fourth-order valence-corrected chi connectivity index (χ4v) is 3.49. The van der Waals surface area contributed by atoms with Gasteiger partial charge in [-0.2, -0.15) is 0 Å². The molecule has 0 radical (unpaired) electrons. The average molecular weight is 390 g/mol. The molecular formula is C22H18N2O5. The van der Waals surface area contributed by atoms with Crippen LogP contribution in [0.5, 0.6) is 5.75 Å². The molecule has 1 heterocycles. The van der Waals surface area contributed by atoms with Crippen molar-refractivity contribution in [3.8, 4) is 16.9 Å². The molecule has 7 nitrogen and oxygen atoms in total. The van der Waals surface area contributed by atoms with Crippen LogP contribution in [0.3, 0.4) is 0 Å². The van der Waals surface area contributed by atoms with Gasteiger partial charge in [-0.15, -0.1) is 0 Å². The second-order valence-corrected chi connectivity index (χ2v) is 6.51. The van der Waals surface area contributed by atoms with Crippen molar-refractivity contribution >= 4 is 17.9 Å². The zero-order valence-electron chi connectivity index (χ0n) is 15.6. The number of anilines is 1. The average Bonchev–Trinajstić information content (AvgIpc) is 3.07. The monoisotopic (exact) mass is 390 g/mol. The Morgan fingerprint density at radius 2 is 1.62 bits per heavy atom. The minimum Gasteiger partial charge on any atom is -0.504 e. The summed E-state index contributed by atoms with van der Waals surface area (Å²) in [5, 5.41) is 12.3. The summed E-state index contributed by atoms with van der Waals surface area (Å²) < 4.78 is 10.00. The number of benzene rings is 2. The Morgan fingerprint density at radius 1 is 1.00 bits per heavy atom. The highest BCUT2D eigenvalue weighted by Gasteiger charge is 2.29. The molecule has 0 unspecified atom stereocenters. The number of hydrogen-bond donors (Lipinski definition) is 2. The van der Waals surface area contributed by atoms with Crippen LogP contribution in [0, 0.1) is 0 Å². The Labute approximate surface area is 166 Å². The van der Waals surface area contributed by atoms with Gasteiger partial charge in [0.05, 0.1) is 7.11 Å². The smallest absolute Gasteiger partial charge is 0.412 e. The van der Waals surface area contributed by atoms with E-state index in [1.807, 2.05) is 36.4 Å². The van der Waals surface area contributed by atoms with E-state index < -0.39 is 12.1 Å². The third kappa shape index (κ3) is 3.50. The van der Waals surface area contributed by atoms with Crippen LogP contribution in [-0.4, -0.2) is 35.9 Å². The highest BCUT2D eigenvalue weighted by molar-refractivity contribution is 5.90. The van der Waals surface area contributed by atoms with E-state index in [9.17, 15) is 14.7 Å². The van der Waals surface area contributed by atoms with Crippen molar-refractivity contribution in [2.24, 2.45) is 0 Å². The summed E-state index contributed by atoms with van der Waals surface area (Å²) in [4.78, 5) is 27.8. The summed E-state index contributed by atoms with van der Waals surface area (Å²) in [6.45, 7) is 0.122. The molecule has 1 amide bonds. The van der Waals surface area contributed by atoms with Gasteiger partial charge in [-0.05, 0) is 34.4 Å². The molecule has 1 aliphatic rings. The first-order valence-electron chi connectivity index (χ1n) is 8.99. The van der Waals surface area contributed by atoms with Crippen LogP contribution in [0.2, 0.25) is 0 Å². The maximum absolute atomic E-state index is 12.3. The Kier molecular flexibility index (Phi) is 4.87. The topological polar surface area (TPSA) is 97.8 Å². The summed E-state index contributed by atoms with van der Waals surface area (Å²) in [5.41, 5.74) is 4.40. The van der Waals surface area contributed by atoms with Crippen LogP contribution in [0.1, 0.15) is 27.5 Å². The van der Waals surface area contributed by atoms with Crippen LogP contribution in [0.25, 0.3) is 11.1 Å². The Balaban J connectivity index is 1.49. The van der Waals surface area contributed by atoms with Gasteiger partial charge in [0.2, 0.25) is 0 Å². The van der Waals surface area contributed by atoms with Gasteiger partial charge in [0, 0.05) is 5.92 Å². The van der Waals surface area contributed by atoms with Crippen molar-refractivity contribution in [2.75, 3.05) is 19.0 Å². The predicted molar refractivity (Wildman–Crippen MR) is 106 cm³/mol. The number of carbonyl (C=O) groups is 2. The first-order chi connectivity index (χ1) is 14.1. The molecule has 0 saturated carbocycles. The summed E-state index contributed by atoms with van der Waals surface area (Å²) >= 11 is 0. The molecule has 4 rings (SSSR count). The van der Waals surface area contributed by atoms with Crippen LogP contribution in [-0.2, 0) is 9.47 Å². The molecule has 0 aliphatic heterocycles. The van der Waals surface area contributed by atoms with Crippen molar-refractivity contribution in [1.29, 1.82) is 0 Å². The number of nitrogens with one attached hydrogen (secondary N) is 1. The molecule has 29 heavy (non-hydrogen) atoms. The maximum atomic E-state index is 12.3. The quantitative estimate of drug-likeness (QED) is 0.655. The van der Waals surface area contributed by atoms with E-state index in [1.165, 1.54) is 19.2 Å². The van der Waals surface area contributed by atoms with Crippen LogP contribution < -0.4 is 5.32 Å². The van der Waals surface area contributed by atoms with Gasteiger partial charge < -0.3 is 14.6 Å². The van der Waals surface area contributed by atoms with Crippen LogP contribution in [0.4, 0.5) is 10.6 Å². The summed E-state index contributed by atoms with van der Waals surface area (Å²) in [6.07, 6.45) is -0.781. The number of carbonyl (C=O) groups excluding carboxylic acids is 2. The number of rotatable bonds is 4. The van der Waals surface area contributed by atoms with Crippen molar-refractivity contribution in [3.63, 3.8) is 0 Å². The molecule has 0 spiro atoms. The van der Waals surface area contributed by atoms with E-state index in [0.29, 0.717) is 0 Å². The number of amides is 1. The number of fused-ring (bicyclic) bond motifs is 3. The molecular weight excluding hydrogens is 372 g/mol. The van der Waals surface area contributed by atoms with Gasteiger partial charge >= 0.3 is 12.1 Å². The lowest BCUT2D eigenvalue weighted by atomic mass is 9.98. The lowest BCUT2D eigenvalue weighted by Crippen LogP contribution is -2.19. The van der Waals surface area contributed by atoms with Gasteiger partial charge in [-0.25, -0.2) is 14.6 Å². The predicted octanol–water partition coefficient (Wildman–Crippen LogP) is 3.93. The highest BCUT2D eigenvalue weighted by atomic mass is 16.5. The molecule has 7 heteroatoms. The first-order valence-corrected chi connectivity index (χ1v) is 8.99. The fourth-order valence-electron chi connectivity index (χ4n) is 3.49. The molecule has 1 aliphatic carbocycles. The lowest BCUT2D eigenvalue weighted by Gasteiger charge is -2.14. The molecule has 2 aromatic carbocycles. The van der Waals surface area contributed by atoms with E-state index in [0.717, 1.165) is 22.3 Å². The third-order valence-corrected chi connectivity index (χ3v) is 4.83. The number of hydrogen-bond acceptors (Lipinski definition) is 6. The van der Waals surface area contributed by atoms with Gasteiger partial charge in [0.15, 0.2) is 17.3 Å². The Bertz CT molecular complexity index is 1050. The summed E-state index contributed by atoms with van der Waals surface area (Å²) in [6, 6.07) is 18.6. The molecule has 146 valence electrons. The number of esters is 1. The largest absolute Gasteiger partial charge is 0.504 e. The molecule has 3 aromatic rings. The van der Waals surface area contributed by atoms with Gasteiger partial charge in [0.25, 0.3) is 0 Å². The lowest BCUT2D eigenvalue weighted by molar-refractivity contribution is 0.0594. The zero-order chi connectivity index (χ0) is 20.4. The second-order valence-electron chi connectivity index (χ2n) is 6.51. The van der Waals surface area contributed by atoms with Crippen LogP contribution in [0.15, 0.2) is 60.7 Å². The number of pyridine rings is 1. The Hall–Kier alpha value is -3.87. The normalized spacial score (nSPS) is 12.0. The van der Waals surface area contributed by atoms with Crippen molar-refractivity contribution in [1.82, 2.24) is 4.98 Å². The molecule has 0 bridgehead atoms. The standard InChI is InChI=1S/C22H18N2O5/c1-28-21(26)18-10-11-19(25)20(23-18)24-22(27)29-12-17-15-8-4-2-6-13(15)14-7-3-5-9-16(14)17/h2-11,17,25H,12H2,1H3,(H,23,24,27). The van der Waals surface area contributed by atoms with Crippen molar-refractivity contribution in [3.05, 3.63) is 77.5 Å². The fraction of sp³-hybridized carbons (Fsp3) is 0.136. The van der Waals surface area contributed by atoms with Crippen molar-refractivity contribution < 1.29 is 24.2 Å². The molecule has 2 N–H and O–H groups in total. The minimum atomic E-state index is -0.781. The number of methoxy groups -OCH3 is 1. The van der Waals surface area contributed by atoms with Gasteiger partial charge in [0.1, 0.15) is 6.61 Å². The SMILES string of the molecule is COC(=O)c1ccc(O)c(NC(=O)OCC2c3ccccc3-c3ccccc32)n1. The van der Waals surface area contributed by atoms with E-state index >= 15 is 0 Å². The zero-order valence-corrected chi connectivity index (χ0v) is 15.6. The summed E-state index contributed by atoms with van der Waals surface area (Å²) in [5.74, 6) is -1.23. The van der Waals surface area contributed by atoms with E-state index in [1.54, 1.807) is 0 Å². The van der Waals surface area contributed by atoms with Crippen LogP contribution >= 0.6 is 0 Å². The van der Waals surface area contributed by atoms with E-state index in [2.05, 4.69) is 27.2 Å². The number of aromatic hydroxyl groups is 1. The van der Waals surface area contributed by atoms with Crippen molar-refractivity contribution in [2.45, 2.75) is 5.92 Å². The Morgan fingerprint density at radius 3 is 2.24 bits per heavy atom. The molecule has 1 aromatic heterocycles. The summed E-state index contributed by atoms with van der Waals surface area (Å²) in [7, 11) is 1.22. The maximum Gasteiger partial charge on any atom is 0.412 e. The minimum absolute atomic E-state index is 0.0424. The van der Waals surface area contributed by atoms with E-state index in [4.69, 9.17) is 4.74 Å². The van der Waals surface area contributed by atoms with Gasteiger partial charge in [-0.1, -0.05) is 48.5 Å². The van der Waals surface area contributed by atoms with E-state index in [-0.39, 0.29) is 29.8 Å². The second kappa shape index (κ2) is 7.63. The number of aromatic nitrogens is 1. The molecule has 0 fully saturated rings. The molecule has 0 saturated heterocycles. The number of ether oxygens (including phenoxy) is 2. The highest BCUT2D eigenvalue weighted by Crippen LogP contribution is 2.44. The van der Waals surface area contributed by atoms with Gasteiger partial charge in [-0.3, -0.25) is 5.32 Å². The molecule has 0 atom stereocenters. The first kappa shape index (κ1) is 18.5.